The molecule has 1 amide bonds. The second-order valence-corrected chi connectivity index (χ2v) is 9.60. The Balaban J connectivity index is 1.76. The minimum Gasteiger partial charge on any atom is -0.508 e. The smallest absolute Gasteiger partial charge is 0.303 e. The van der Waals surface area contributed by atoms with Crippen LogP contribution in [0, 0.1) is 0 Å². The maximum atomic E-state index is 13.1. The van der Waals surface area contributed by atoms with E-state index in [9.17, 15) is 19.8 Å². The van der Waals surface area contributed by atoms with Crippen LogP contribution >= 0.6 is 0 Å². The van der Waals surface area contributed by atoms with E-state index < -0.39 is 5.97 Å². The van der Waals surface area contributed by atoms with Gasteiger partial charge in [0.1, 0.15) is 11.5 Å². The summed E-state index contributed by atoms with van der Waals surface area (Å²) in [4.78, 5) is 25.6. The Hall–Kier alpha value is -4.26. The third-order valence-electron chi connectivity index (χ3n) is 6.77. The zero-order valence-corrected chi connectivity index (χ0v) is 21.6. The molecule has 4 rings (SSSR count). The maximum absolute atomic E-state index is 13.1. The van der Waals surface area contributed by atoms with Crippen LogP contribution in [0.25, 0.3) is 22.2 Å². The number of fused-ring (bicyclic) bond motifs is 1. The molecule has 0 fully saturated rings. The molecule has 0 atom stereocenters. The SMILES string of the molecule is CC(=O)N(CCCCCCCC(=O)O)c1c(-c2ccc(O)cc2)n(Cc2ccccc2)c2ccc(O)cc12. The van der Waals surface area contributed by atoms with E-state index >= 15 is 0 Å². The van der Waals surface area contributed by atoms with Crippen LogP contribution in [0.15, 0.2) is 72.8 Å². The second kappa shape index (κ2) is 12.3. The lowest BCUT2D eigenvalue weighted by Crippen LogP contribution is -2.30. The topological polar surface area (TPSA) is 103 Å². The summed E-state index contributed by atoms with van der Waals surface area (Å²) in [5, 5.41) is 30.0. The van der Waals surface area contributed by atoms with Crippen LogP contribution in [0.5, 0.6) is 11.5 Å². The summed E-state index contributed by atoms with van der Waals surface area (Å²) in [6.07, 6.45) is 4.23. The van der Waals surface area contributed by atoms with Crippen LogP contribution in [-0.2, 0) is 16.1 Å². The molecule has 0 saturated carbocycles. The number of carbonyl (C=O) groups excluding carboxylic acids is 1. The predicted molar refractivity (Wildman–Crippen MR) is 150 cm³/mol. The van der Waals surface area contributed by atoms with Crippen molar-refractivity contribution in [2.75, 3.05) is 11.4 Å². The Kier molecular flexibility index (Phi) is 8.69. The molecule has 38 heavy (non-hydrogen) atoms. The number of aromatic hydroxyl groups is 2. The molecule has 1 heterocycles. The Morgan fingerprint density at radius 1 is 0.816 bits per heavy atom. The van der Waals surface area contributed by atoms with Gasteiger partial charge in [-0.1, -0.05) is 49.6 Å². The normalized spacial score (nSPS) is 11.1. The molecule has 0 aliphatic rings. The number of aromatic nitrogens is 1. The molecular weight excluding hydrogens is 480 g/mol. The molecular formula is C31H34N2O5. The molecule has 0 saturated heterocycles. The van der Waals surface area contributed by atoms with Gasteiger partial charge in [0.2, 0.25) is 5.91 Å². The van der Waals surface area contributed by atoms with Gasteiger partial charge in [0.05, 0.1) is 16.9 Å². The van der Waals surface area contributed by atoms with Gasteiger partial charge in [-0.2, -0.15) is 0 Å². The van der Waals surface area contributed by atoms with E-state index in [0.29, 0.717) is 19.5 Å². The molecule has 3 aromatic carbocycles. The first-order valence-corrected chi connectivity index (χ1v) is 13.0. The van der Waals surface area contributed by atoms with Crippen molar-refractivity contribution in [3.05, 3.63) is 78.4 Å². The van der Waals surface area contributed by atoms with Crippen molar-refractivity contribution in [3.63, 3.8) is 0 Å². The highest BCUT2D eigenvalue weighted by Crippen LogP contribution is 2.43. The second-order valence-electron chi connectivity index (χ2n) is 9.60. The molecule has 0 unspecified atom stereocenters. The van der Waals surface area contributed by atoms with Gasteiger partial charge in [0, 0.05) is 37.4 Å². The molecule has 7 nitrogen and oxygen atoms in total. The molecule has 1 aromatic heterocycles. The van der Waals surface area contributed by atoms with Crippen molar-refractivity contribution in [2.45, 2.75) is 52.0 Å². The van der Waals surface area contributed by atoms with E-state index in [0.717, 1.165) is 59.1 Å². The van der Waals surface area contributed by atoms with E-state index in [2.05, 4.69) is 16.7 Å². The van der Waals surface area contributed by atoms with Crippen LogP contribution in [-0.4, -0.2) is 38.3 Å². The van der Waals surface area contributed by atoms with Gasteiger partial charge in [-0.3, -0.25) is 9.59 Å². The lowest BCUT2D eigenvalue weighted by Gasteiger charge is -2.23. The molecule has 0 spiro atoms. The van der Waals surface area contributed by atoms with Crippen molar-refractivity contribution in [3.8, 4) is 22.8 Å². The summed E-state index contributed by atoms with van der Waals surface area (Å²) in [5.74, 6) is -0.595. The van der Waals surface area contributed by atoms with E-state index in [4.69, 9.17) is 5.11 Å². The van der Waals surface area contributed by atoms with Gasteiger partial charge < -0.3 is 24.8 Å². The first-order chi connectivity index (χ1) is 18.3. The van der Waals surface area contributed by atoms with Crippen molar-refractivity contribution in [1.82, 2.24) is 4.57 Å². The number of rotatable bonds is 12. The Morgan fingerprint density at radius 2 is 1.47 bits per heavy atom. The van der Waals surface area contributed by atoms with Gasteiger partial charge in [0.15, 0.2) is 0 Å². The standard InChI is InChI=1S/C31H34N2O5/c1-22(34)32(19-9-4-2-3-8-12-29(37)38)31-27-20-26(36)17-18-28(27)33(21-23-10-6-5-7-11-23)30(31)24-13-15-25(35)16-14-24/h5-7,10-11,13-18,20,35-36H,2-4,8-9,12,19,21H2,1H3,(H,37,38). The van der Waals surface area contributed by atoms with Crippen LogP contribution in [0.3, 0.4) is 0 Å². The highest BCUT2D eigenvalue weighted by atomic mass is 16.4. The number of hydrogen-bond donors (Lipinski definition) is 3. The lowest BCUT2D eigenvalue weighted by atomic mass is 10.1. The third-order valence-corrected chi connectivity index (χ3v) is 6.77. The third kappa shape index (κ3) is 6.35. The number of amides is 1. The quantitative estimate of drug-likeness (QED) is 0.186. The lowest BCUT2D eigenvalue weighted by molar-refractivity contribution is -0.137. The van der Waals surface area contributed by atoms with Crippen LogP contribution in [0.4, 0.5) is 5.69 Å². The van der Waals surface area contributed by atoms with Gasteiger partial charge >= 0.3 is 5.97 Å². The number of benzene rings is 3. The minimum absolute atomic E-state index is 0.0991. The molecule has 0 radical (unpaired) electrons. The Labute approximate surface area is 222 Å². The number of aliphatic carboxylic acids is 1. The Morgan fingerprint density at radius 3 is 2.16 bits per heavy atom. The van der Waals surface area contributed by atoms with Gasteiger partial charge in [0.25, 0.3) is 0 Å². The number of nitrogens with zero attached hydrogens (tertiary/aromatic N) is 2. The molecule has 198 valence electrons. The number of hydrogen-bond acceptors (Lipinski definition) is 4. The number of unbranched alkanes of at least 4 members (excludes halogenated alkanes) is 4. The van der Waals surface area contributed by atoms with Crippen LogP contribution < -0.4 is 4.90 Å². The predicted octanol–water partition coefficient (Wildman–Crippen LogP) is 6.55. The van der Waals surface area contributed by atoms with Crippen molar-refractivity contribution >= 4 is 28.5 Å². The Bertz CT molecular complexity index is 1390. The van der Waals surface area contributed by atoms with Crippen LogP contribution in [0.2, 0.25) is 0 Å². The summed E-state index contributed by atoms with van der Waals surface area (Å²) < 4.78 is 2.16. The summed E-state index contributed by atoms with van der Waals surface area (Å²) in [6, 6.07) is 22.3. The van der Waals surface area contributed by atoms with Crippen molar-refractivity contribution < 1.29 is 24.9 Å². The van der Waals surface area contributed by atoms with Crippen molar-refractivity contribution in [1.29, 1.82) is 0 Å². The number of carbonyl (C=O) groups is 2. The van der Waals surface area contributed by atoms with E-state index in [1.165, 1.54) is 0 Å². The number of carboxylic acids is 1. The number of anilines is 1. The molecule has 0 bridgehead atoms. The molecule has 0 aliphatic carbocycles. The fraction of sp³-hybridized carbons (Fsp3) is 0.290. The monoisotopic (exact) mass is 514 g/mol. The molecule has 7 heteroatoms. The van der Waals surface area contributed by atoms with Crippen LogP contribution in [0.1, 0.15) is 51.0 Å². The fourth-order valence-electron chi connectivity index (χ4n) is 4.94. The van der Waals surface area contributed by atoms with E-state index in [-0.39, 0.29) is 23.8 Å². The van der Waals surface area contributed by atoms with E-state index in [1.54, 1.807) is 36.1 Å². The highest BCUT2D eigenvalue weighted by Gasteiger charge is 2.26. The summed E-state index contributed by atoms with van der Waals surface area (Å²) in [5.41, 5.74) is 4.41. The zero-order valence-electron chi connectivity index (χ0n) is 21.6. The number of carboxylic acid groups (broad SMARTS) is 1. The number of phenols is 2. The zero-order chi connectivity index (χ0) is 27.1. The van der Waals surface area contributed by atoms with Gasteiger partial charge in [-0.25, -0.2) is 0 Å². The summed E-state index contributed by atoms with van der Waals surface area (Å²) >= 11 is 0. The molecule has 4 aromatic rings. The van der Waals surface area contributed by atoms with Gasteiger partial charge in [-0.05, 0) is 60.9 Å². The average molecular weight is 515 g/mol. The first-order valence-electron chi connectivity index (χ1n) is 13.0. The van der Waals surface area contributed by atoms with E-state index in [1.807, 2.05) is 36.4 Å². The first kappa shape index (κ1) is 26.8. The molecule has 3 N–H and O–H groups in total. The van der Waals surface area contributed by atoms with Crippen molar-refractivity contribution in [2.24, 2.45) is 0 Å². The maximum Gasteiger partial charge on any atom is 0.303 e. The summed E-state index contributed by atoms with van der Waals surface area (Å²) in [6.45, 7) is 2.61. The number of phenolic OH excluding ortho intramolecular Hbond substituents is 2. The average Bonchev–Trinajstić information content (AvgIpc) is 3.19. The molecule has 0 aliphatic heterocycles. The van der Waals surface area contributed by atoms with Gasteiger partial charge in [-0.15, -0.1) is 0 Å². The highest BCUT2D eigenvalue weighted by molar-refractivity contribution is 6.09. The largest absolute Gasteiger partial charge is 0.508 e. The summed E-state index contributed by atoms with van der Waals surface area (Å²) in [7, 11) is 0. The fourth-order valence-corrected chi connectivity index (χ4v) is 4.94. The minimum atomic E-state index is -0.773.